The van der Waals surface area contributed by atoms with Gasteiger partial charge >= 0.3 is 0 Å². The molecule has 1 saturated carbocycles. The molecule has 0 amide bonds. The lowest BCUT2D eigenvalue weighted by molar-refractivity contribution is 0.234. The van der Waals surface area contributed by atoms with Crippen LogP contribution in [0.25, 0.3) is 0 Å². The van der Waals surface area contributed by atoms with Gasteiger partial charge in [-0.1, -0.05) is 51.0 Å². The van der Waals surface area contributed by atoms with E-state index >= 15 is 0 Å². The molecule has 22 heavy (non-hydrogen) atoms. The second kappa shape index (κ2) is 12.9. The predicted molar refractivity (Wildman–Crippen MR) is 98.9 cm³/mol. The zero-order chi connectivity index (χ0) is 16.3. The minimum atomic E-state index is 0. The Morgan fingerprint density at radius 2 is 1.77 bits per heavy atom. The fourth-order valence-corrected chi connectivity index (χ4v) is 2.10. The van der Waals surface area contributed by atoms with Crippen molar-refractivity contribution in [2.24, 2.45) is 5.92 Å². The molecule has 0 aromatic carbocycles. The van der Waals surface area contributed by atoms with E-state index in [4.69, 9.17) is 10.2 Å². The van der Waals surface area contributed by atoms with E-state index in [1.165, 1.54) is 11.1 Å². The van der Waals surface area contributed by atoms with E-state index in [2.05, 4.69) is 19.2 Å². The van der Waals surface area contributed by atoms with E-state index in [1.807, 2.05) is 39.0 Å². The van der Waals surface area contributed by atoms with Crippen LogP contribution in [0, 0.1) is 5.92 Å². The van der Waals surface area contributed by atoms with Gasteiger partial charge in [0.15, 0.2) is 0 Å². The van der Waals surface area contributed by atoms with Crippen molar-refractivity contribution in [1.82, 2.24) is 0 Å². The van der Waals surface area contributed by atoms with Crippen molar-refractivity contribution in [3.63, 3.8) is 0 Å². The predicted octanol–water partition coefficient (Wildman–Crippen LogP) is 5.66. The summed E-state index contributed by atoms with van der Waals surface area (Å²) in [5.74, 6) is 0.718. The van der Waals surface area contributed by atoms with E-state index in [-0.39, 0.29) is 13.2 Å². The molecule has 0 bridgehead atoms. The lowest BCUT2D eigenvalue weighted by atomic mass is 10.1. The van der Waals surface area contributed by atoms with E-state index in [9.17, 15) is 0 Å². The standard InChI is InChI=1S/C11H16O.C8H12O.CH4/c1-3-5-11-7-9(8-12)6-10(11)4-2;1-4-6-8(9)7(3)5-2;/h3-5,9,12H,1,6-8H2,2H3;4-6,9H,1H2,2-3H3;1H4/b10-4-,11-5-;7-5-,8-6+;/t9-;;/m0../s1. The molecule has 1 aliphatic rings. The van der Waals surface area contributed by atoms with Crippen LogP contribution in [0.5, 0.6) is 0 Å². The molecule has 1 fully saturated rings. The molecule has 1 atom stereocenters. The SMILES string of the molecule is C.C=C/C=C(O)\C(C)=C/C.C=C/C=C1/C[C@@H](CO)C/C1=C/C. The highest BCUT2D eigenvalue weighted by Crippen LogP contribution is 2.34. The first-order chi connectivity index (χ1) is 10.0. The molecule has 0 saturated heterocycles. The summed E-state index contributed by atoms with van der Waals surface area (Å²) in [5, 5.41) is 18.0. The van der Waals surface area contributed by atoms with Crippen molar-refractivity contribution in [2.75, 3.05) is 6.61 Å². The molecule has 0 unspecified atom stereocenters. The summed E-state index contributed by atoms with van der Waals surface area (Å²) in [4.78, 5) is 0. The highest BCUT2D eigenvalue weighted by molar-refractivity contribution is 5.37. The second-order valence-corrected chi connectivity index (χ2v) is 4.96. The maximum Gasteiger partial charge on any atom is 0.118 e. The van der Waals surface area contributed by atoms with Crippen LogP contribution in [0.1, 0.15) is 41.0 Å². The first kappa shape index (κ1) is 22.5. The van der Waals surface area contributed by atoms with E-state index in [0.717, 1.165) is 18.4 Å². The van der Waals surface area contributed by atoms with Crippen molar-refractivity contribution in [2.45, 2.75) is 41.0 Å². The smallest absolute Gasteiger partial charge is 0.118 e. The fraction of sp³-hybridized carbons (Fsp3) is 0.400. The van der Waals surface area contributed by atoms with Crippen LogP contribution in [0.15, 0.2) is 72.1 Å². The van der Waals surface area contributed by atoms with Gasteiger partial charge in [-0.3, -0.25) is 0 Å². The van der Waals surface area contributed by atoms with Crippen LogP contribution < -0.4 is 0 Å². The van der Waals surface area contributed by atoms with Crippen LogP contribution in [0.2, 0.25) is 0 Å². The van der Waals surface area contributed by atoms with Gasteiger partial charge in [-0.15, -0.1) is 0 Å². The highest BCUT2D eigenvalue weighted by Gasteiger charge is 2.21. The molecule has 2 nitrogen and oxygen atoms in total. The van der Waals surface area contributed by atoms with E-state index in [0.29, 0.717) is 12.5 Å². The minimum absolute atomic E-state index is 0. The number of hydrogen-bond donors (Lipinski definition) is 2. The summed E-state index contributed by atoms with van der Waals surface area (Å²) in [5.41, 5.74) is 3.58. The van der Waals surface area contributed by atoms with Gasteiger partial charge in [0.2, 0.25) is 0 Å². The Balaban J connectivity index is 0. The van der Waals surface area contributed by atoms with Crippen molar-refractivity contribution >= 4 is 0 Å². The summed E-state index contributed by atoms with van der Waals surface area (Å²) in [6.07, 6.45) is 13.0. The molecule has 0 spiro atoms. The summed E-state index contributed by atoms with van der Waals surface area (Å²) in [6, 6.07) is 0. The molecule has 124 valence electrons. The summed E-state index contributed by atoms with van der Waals surface area (Å²) < 4.78 is 0. The van der Waals surface area contributed by atoms with Crippen molar-refractivity contribution in [3.8, 4) is 0 Å². The Morgan fingerprint density at radius 1 is 1.18 bits per heavy atom. The van der Waals surface area contributed by atoms with Crippen molar-refractivity contribution in [1.29, 1.82) is 0 Å². The maximum absolute atomic E-state index is 9.04. The first-order valence-corrected chi connectivity index (χ1v) is 7.26. The summed E-state index contributed by atoms with van der Waals surface area (Å²) in [7, 11) is 0. The third kappa shape index (κ3) is 7.84. The minimum Gasteiger partial charge on any atom is -0.508 e. The zero-order valence-electron chi connectivity index (χ0n) is 13.5. The third-order valence-electron chi connectivity index (χ3n) is 3.47. The monoisotopic (exact) mass is 304 g/mol. The Hall–Kier alpha value is -1.80. The Labute approximate surface area is 136 Å². The van der Waals surface area contributed by atoms with Crippen molar-refractivity contribution in [3.05, 3.63) is 72.1 Å². The normalized spacial score (nSPS) is 21.9. The fourth-order valence-electron chi connectivity index (χ4n) is 2.10. The quantitative estimate of drug-likeness (QED) is 0.519. The first-order valence-electron chi connectivity index (χ1n) is 7.26. The van der Waals surface area contributed by atoms with Crippen LogP contribution in [-0.2, 0) is 0 Å². The summed E-state index contributed by atoms with van der Waals surface area (Å²) in [6.45, 7) is 13.2. The molecule has 0 radical (unpaired) electrons. The molecular formula is C20H32O2. The molecule has 0 aromatic heterocycles. The molecular weight excluding hydrogens is 272 g/mol. The number of allylic oxidation sites excluding steroid dienone is 9. The lowest BCUT2D eigenvalue weighted by Crippen LogP contribution is -1.98. The largest absolute Gasteiger partial charge is 0.508 e. The Kier molecular flexibility index (Phi) is 13.2. The van der Waals surface area contributed by atoms with Crippen LogP contribution in [0.3, 0.4) is 0 Å². The average molecular weight is 304 g/mol. The van der Waals surface area contributed by atoms with Gasteiger partial charge in [0.05, 0.1) is 0 Å². The van der Waals surface area contributed by atoms with E-state index in [1.54, 1.807) is 12.2 Å². The van der Waals surface area contributed by atoms with E-state index < -0.39 is 0 Å². The van der Waals surface area contributed by atoms with Gasteiger partial charge < -0.3 is 10.2 Å². The molecule has 0 aliphatic heterocycles. The van der Waals surface area contributed by atoms with Gasteiger partial charge in [-0.25, -0.2) is 0 Å². The average Bonchev–Trinajstić information content (AvgIpc) is 2.90. The lowest BCUT2D eigenvalue weighted by Gasteiger charge is -1.99. The summed E-state index contributed by atoms with van der Waals surface area (Å²) >= 11 is 0. The molecule has 0 aromatic rings. The van der Waals surface area contributed by atoms with Gasteiger partial charge in [-0.05, 0) is 62.3 Å². The highest BCUT2D eigenvalue weighted by atomic mass is 16.3. The number of aliphatic hydroxyl groups is 2. The van der Waals surface area contributed by atoms with Crippen LogP contribution in [0.4, 0.5) is 0 Å². The molecule has 2 heteroatoms. The number of hydrogen-bond acceptors (Lipinski definition) is 2. The molecule has 1 aliphatic carbocycles. The molecule has 2 N–H and O–H groups in total. The van der Waals surface area contributed by atoms with Crippen molar-refractivity contribution < 1.29 is 10.2 Å². The molecule has 1 rings (SSSR count). The van der Waals surface area contributed by atoms with Crippen LogP contribution >= 0.6 is 0 Å². The van der Waals surface area contributed by atoms with Gasteiger partial charge in [-0.2, -0.15) is 0 Å². The third-order valence-corrected chi connectivity index (χ3v) is 3.47. The maximum atomic E-state index is 9.04. The zero-order valence-corrected chi connectivity index (χ0v) is 13.5. The van der Waals surface area contributed by atoms with Crippen LogP contribution in [-0.4, -0.2) is 16.8 Å². The Bertz CT molecular complexity index is 462. The second-order valence-electron chi connectivity index (χ2n) is 4.96. The Morgan fingerprint density at radius 3 is 2.18 bits per heavy atom. The molecule has 0 heterocycles. The number of rotatable bonds is 4. The topological polar surface area (TPSA) is 40.5 Å². The van der Waals surface area contributed by atoms with Gasteiger partial charge in [0.1, 0.15) is 5.76 Å². The van der Waals surface area contributed by atoms with Gasteiger partial charge in [0.25, 0.3) is 0 Å². The van der Waals surface area contributed by atoms with Gasteiger partial charge in [0, 0.05) is 6.61 Å². The number of aliphatic hydroxyl groups excluding tert-OH is 2.